The molecule has 0 aliphatic heterocycles. The van der Waals surface area contributed by atoms with Gasteiger partial charge >= 0.3 is 0 Å². The van der Waals surface area contributed by atoms with E-state index in [9.17, 15) is 0 Å². The maximum Gasteiger partial charge on any atom is 0.0645 e. The van der Waals surface area contributed by atoms with Crippen molar-refractivity contribution in [1.82, 2.24) is 14.7 Å². The first kappa shape index (κ1) is 17.7. The summed E-state index contributed by atoms with van der Waals surface area (Å²) in [6.45, 7) is 7.03. The summed E-state index contributed by atoms with van der Waals surface area (Å²) in [6.07, 6.45) is 3.74. The summed E-state index contributed by atoms with van der Waals surface area (Å²) in [7, 11) is 2.14. The smallest absolute Gasteiger partial charge is 0.0645 e. The van der Waals surface area contributed by atoms with Crippen molar-refractivity contribution < 1.29 is 0 Å². The molecule has 2 N–H and O–H groups in total. The summed E-state index contributed by atoms with van der Waals surface area (Å²) in [5, 5.41) is 4.23. The summed E-state index contributed by atoms with van der Waals surface area (Å²) in [5.74, 6) is 0. The van der Waals surface area contributed by atoms with Gasteiger partial charge in [0.2, 0.25) is 0 Å². The summed E-state index contributed by atoms with van der Waals surface area (Å²) in [4.78, 5) is 2.32. The number of benzene rings is 1. The van der Waals surface area contributed by atoms with Gasteiger partial charge in [0.15, 0.2) is 0 Å². The molecule has 4 nitrogen and oxygen atoms in total. The van der Waals surface area contributed by atoms with Gasteiger partial charge in [-0.3, -0.25) is 0 Å². The summed E-state index contributed by atoms with van der Waals surface area (Å²) in [6, 6.07) is 10.4. The Balaban J connectivity index is 0.00000220. The minimum atomic E-state index is 0. The Morgan fingerprint density at radius 2 is 1.90 bits per heavy atom. The van der Waals surface area contributed by atoms with E-state index in [0.717, 1.165) is 18.8 Å². The van der Waals surface area contributed by atoms with Crippen molar-refractivity contribution in [2.75, 3.05) is 20.1 Å². The fourth-order valence-corrected chi connectivity index (χ4v) is 2.34. The largest absolute Gasteiger partial charge is 0.330 e. The predicted octanol–water partition coefficient (Wildman–Crippen LogP) is 2.71. The molecule has 116 valence electrons. The highest BCUT2D eigenvalue weighted by Gasteiger charge is 2.17. The van der Waals surface area contributed by atoms with Crippen molar-refractivity contribution in [2.45, 2.75) is 20.4 Å². The SMILES string of the molecule is CN(Cc1ccc(-n2cccn2)cc1)CC(C)(C)CN.Cl. The van der Waals surface area contributed by atoms with E-state index >= 15 is 0 Å². The molecule has 0 amide bonds. The first-order chi connectivity index (χ1) is 9.50. The summed E-state index contributed by atoms with van der Waals surface area (Å²) >= 11 is 0. The first-order valence-electron chi connectivity index (χ1n) is 6.98. The van der Waals surface area contributed by atoms with E-state index in [1.807, 2.05) is 16.9 Å². The van der Waals surface area contributed by atoms with E-state index in [1.165, 1.54) is 5.56 Å². The molecular weight excluding hydrogens is 284 g/mol. The molecule has 0 saturated carbocycles. The van der Waals surface area contributed by atoms with Crippen LogP contribution in [0.5, 0.6) is 0 Å². The summed E-state index contributed by atoms with van der Waals surface area (Å²) in [5.41, 5.74) is 8.33. The van der Waals surface area contributed by atoms with Crippen molar-refractivity contribution in [3.63, 3.8) is 0 Å². The minimum absolute atomic E-state index is 0. The standard InChI is InChI=1S/C16H24N4.ClH/c1-16(2,12-17)13-19(3)11-14-5-7-15(8-6-14)20-10-4-9-18-20;/h4-10H,11-13,17H2,1-3H3;1H. The second-order valence-corrected chi connectivity index (χ2v) is 6.16. The zero-order valence-electron chi connectivity index (χ0n) is 13.0. The number of nitrogens with two attached hydrogens (primary N) is 1. The number of nitrogens with zero attached hydrogens (tertiary/aromatic N) is 3. The van der Waals surface area contributed by atoms with Gasteiger partial charge in [0, 0.05) is 25.5 Å². The maximum atomic E-state index is 5.79. The van der Waals surface area contributed by atoms with Crippen LogP contribution in [0, 0.1) is 5.41 Å². The zero-order chi connectivity index (χ0) is 14.6. The molecule has 0 spiro atoms. The van der Waals surface area contributed by atoms with E-state index in [0.29, 0.717) is 6.54 Å². The topological polar surface area (TPSA) is 47.1 Å². The molecule has 5 heteroatoms. The Bertz CT molecular complexity index is 520. The second-order valence-electron chi connectivity index (χ2n) is 6.16. The average molecular weight is 309 g/mol. The van der Waals surface area contributed by atoms with Crippen LogP contribution in [0.3, 0.4) is 0 Å². The predicted molar refractivity (Wildman–Crippen MR) is 90.0 cm³/mol. The molecule has 2 aromatic rings. The second kappa shape index (κ2) is 7.59. The van der Waals surface area contributed by atoms with E-state index in [2.05, 4.69) is 55.2 Å². The fraction of sp³-hybridized carbons (Fsp3) is 0.438. The maximum absolute atomic E-state index is 5.79. The lowest BCUT2D eigenvalue weighted by atomic mass is 9.93. The van der Waals surface area contributed by atoms with Crippen molar-refractivity contribution in [2.24, 2.45) is 11.1 Å². The highest BCUT2D eigenvalue weighted by molar-refractivity contribution is 5.85. The van der Waals surface area contributed by atoms with Crippen LogP contribution < -0.4 is 5.73 Å². The molecule has 2 rings (SSSR count). The van der Waals surface area contributed by atoms with Gasteiger partial charge in [0.05, 0.1) is 5.69 Å². The molecule has 0 saturated heterocycles. The third-order valence-electron chi connectivity index (χ3n) is 3.41. The lowest BCUT2D eigenvalue weighted by Gasteiger charge is -2.29. The molecule has 0 aliphatic rings. The molecule has 0 bridgehead atoms. The van der Waals surface area contributed by atoms with Gasteiger partial charge in [-0.25, -0.2) is 4.68 Å². The van der Waals surface area contributed by atoms with Gasteiger partial charge in [-0.05, 0) is 42.8 Å². The van der Waals surface area contributed by atoms with Crippen LogP contribution in [0.15, 0.2) is 42.7 Å². The lowest BCUT2D eigenvalue weighted by Crippen LogP contribution is -2.36. The molecule has 1 heterocycles. The Morgan fingerprint density at radius 3 is 2.43 bits per heavy atom. The monoisotopic (exact) mass is 308 g/mol. The number of halogens is 1. The highest BCUT2D eigenvalue weighted by Crippen LogP contribution is 2.16. The van der Waals surface area contributed by atoms with Gasteiger partial charge < -0.3 is 10.6 Å². The third kappa shape index (κ3) is 5.16. The Labute approximate surface area is 133 Å². The van der Waals surface area contributed by atoms with Gasteiger partial charge in [0.25, 0.3) is 0 Å². The van der Waals surface area contributed by atoms with Crippen LogP contribution in [-0.4, -0.2) is 34.8 Å². The Kier molecular flexibility index (Phi) is 6.40. The molecular formula is C16H25ClN4. The fourth-order valence-electron chi connectivity index (χ4n) is 2.34. The molecule has 21 heavy (non-hydrogen) atoms. The van der Waals surface area contributed by atoms with E-state index in [-0.39, 0.29) is 17.8 Å². The van der Waals surface area contributed by atoms with Crippen molar-refractivity contribution >= 4 is 12.4 Å². The minimum Gasteiger partial charge on any atom is -0.330 e. The number of hydrogen-bond acceptors (Lipinski definition) is 3. The summed E-state index contributed by atoms with van der Waals surface area (Å²) < 4.78 is 1.87. The van der Waals surface area contributed by atoms with Crippen LogP contribution >= 0.6 is 12.4 Å². The lowest BCUT2D eigenvalue weighted by molar-refractivity contribution is 0.210. The van der Waals surface area contributed by atoms with Crippen LogP contribution in [0.2, 0.25) is 0 Å². The Morgan fingerprint density at radius 1 is 1.24 bits per heavy atom. The molecule has 0 aliphatic carbocycles. The quantitative estimate of drug-likeness (QED) is 0.892. The van der Waals surface area contributed by atoms with Gasteiger partial charge in [-0.15, -0.1) is 12.4 Å². The highest BCUT2D eigenvalue weighted by atomic mass is 35.5. The average Bonchev–Trinajstić information content (AvgIpc) is 2.93. The van der Waals surface area contributed by atoms with Crippen LogP contribution in [0.4, 0.5) is 0 Å². The van der Waals surface area contributed by atoms with Gasteiger partial charge in [0.1, 0.15) is 0 Å². The number of aromatic nitrogens is 2. The van der Waals surface area contributed by atoms with Gasteiger partial charge in [-0.2, -0.15) is 5.10 Å². The molecule has 0 unspecified atom stereocenters. The normalized spacial score (nSPS) is 11.5. The van der Waals surface area contributed by atoms with E-state index in [1.54, 1.807) is 6.20 Å². The van der Waals surface area contributed by atoms with Crippen LogP contribution in [0.25, 0.3) is 5.69 Å². The number of hydrogen-bond donors (Lipinski definition) is 1. The first-order valence-corrected chi connectivity index (χ1v) is 6.98. The van der Waals surface area contributed by atoms with Crippen LogP contribution in [0.1, 0.15) is 19.4 Å². The Hall–Kier alpha value is -1.36. The molecule has 0 radical (unpaired) electrons. The van der Waals surface area contributed by atoms with E-state index < -0.39 is 0 Å². The third-order valence-corrected chi connectivity index (χ3v) is 3.41. The number of rotatable bonds is 6. The van der Waals surface area contributed by atoms with Crippen molar-refractivity contribution in [1.29, 1.82) is 0 Å². The zero-order valence-corrected chi connectivity index (χ0v) is 13.8. The molecule has 0 atom stereocenters. The van der Waals surface area contributed by atoms with Crippen molar-refractivity contribution in [3.05, 3.63) is 48.3 Å². The molecule has 1 aromatic heterocycles. The molecule has 1 aromatic carbocycles. The van der Waals surface area contributed by atoms with Crippen molar-refractivity contribution in [3.8, 4) is 5.69 Å². The van der Waals surface area contributed by atoms with Gasteiger partial charge in [-0.1, -0.05) is 26.0 Å². The van der Waals surface area contributed by atoms with E-state index in [4.69, 9.17) is 5.73 Å². The molecule has 0 fully saturated rings. The van der Waals surface area contributed by atoms with Crippen LogP contribution in [-0.2, 0) is 6.54 Å².